The van der Waals surface area contributed by atoms with Gasteiger partial charge in [0.2, 0.25) is 0 Å². The molecule has 0 spiro atoms. The van der Waals surface area contributed by atoms with Gasteiger partial charge >= 0.3 is 0 Å². The van der Waals surface area contributed by atoms with Crippen LogP contribution in [-0.2, 0) is 17.9 Å². The van der Waals surface area contributed by atoms with Gasteiger partial charge in [-0.05, 0) is 37.6 Å². The van der Waals surface area contributed by atoms with Gasteiger partial charge in [-0.2, -0.15) is 0 Å². The number of likely N-dealkylation sites (tertiary alicyclic amines) is 1. The summed E-state index contributed by atoms with van der Waals surface area (Å²) in [6.07, 6.45) is 2.67. The zero-order valence-electron chi connectivity index (χ0n) is 11.5. The van der Waals surface area contributed by atoms with E-state index in [0.29, 0.717) is 12.6 Å². The lowest BCUT2D eigenvalue weighted by Gasteiger charge is -2.19. The SMILES string of the molecule is COCc1cccc(CNCC2CCCN2C)c1. The third-order valence-electron chi connectivity index (χ3n) is 3.68. The van der Waals surface area contributed by atoms with Crippen molar-refractivity contribution >= 4 is 0 Å². The molecule has 3 heteroatoms. The molecule has 1 aliphatic rings. The second kappa shape index (κ2) is 6.88. The first kappa shape index (κ1) is 13.5. The minimum absolute atomic E-state index is 0.694. The summed E-state index contributed by atoms with van der Waals surface area (Å²) in [6.45, 7) is 3.97. The molecule has 1 aromatic rings. The number of ether oxygens (including phenoxy) is 1. The molecule has 1 fully saturated rings. The first-order chi connectivity index (χ1) is 8.79. The van der Waals surface area contributed by atoms with Crippen molar-refractivity contribution in [3.8, 4) is 0 Å². The van der Waals surface area contributed by atoms with Crippen LogP contribution in [0.5, 0.6) is 0 Å². The molecule has 0 aromatic heterocycles. The number of benzene rings is 1. The zero-order valence-corrected chi connectivity index (χ0v) is 11.5. The quantitative estimate of drug-likeness (QED) is 0.833. The van der Waals surface area contributed by atoms with Gasteiger partial charge < -0.3 is 15.0 Å². The molecule has 1 heterocycles. The van der Waals surface area contributed by atoms with Crippen LogP contribution in [0.3, 0.4) is 0 Å². The van der Waals surface area contributed by atoms with Gasteiger partial charge in [0.1, 0.15) is 0 Å². The van der Waals surface area contributed by atoms with Crippen LogP contribution in [0.25, 0.3) is 0 Å². The fourth-order valence-electron chi connectivity index (χ4n) is 2.62. The van der Waals surface area contributed by atoms with Crippen LogP contribution in [-0.4, -0.2) is 38.2 Å². The number of hydrogen-bond donors (Lipinski definition) is 1. The van der Waals surface area contributed by atoms with Crippen LogP contribution in [0.15, 0.2) is 24.3 Å². The topological polar surface area (TPSA) is 24.5 Å². The van der Waals surface area contributed by atoms with Gasteiger partial charge in [0.15, 0.2) is 0 Å². The third-order valence-corrected chi connectivity index (χ3v) is 3.68. The van der Waals surface area contributed by atoms with Gasteiger partial charge in [-0.3, -0.25) is 0 Å². The molecule has 1 aliphatic heterocycles. The van der Waals surface area contributed by atoms with Gasteiger partial charge in [0.25, 0.3) is 0 Å². The van der Waals surface area contributed by atoms with Crippen molar-refractivity contribution in [2.45, 2.75) is 32.0 Å². The van der Waals surface area contributed by atoms with E-state index >= 15 is 0 Å². The highest BCUT2D eigenvalue weighted by Crippen LogP contribution is 2.13. The molecule has 3 nitrogen and oxygen atoms in total. The van der Waals surface area contributed by atoms with E-state index in [0.717, 1.165) is 13.1 Å². The molecule has 1 N–H and O–H groups in total. The van der Waals surface area contributed by atoms with Gasteiger partial charge in [-0.1, -0.05) is 24.3 Å². The molecule has 18 heavy (non-hydrogen) atoms. The maximum absolute atomic E-state index is 5.16. The highest BCUT2D eigenvalue weighted by atomic mass is 16.5. The summed E-state index contributed by atoms with van der Waals surface area (Å²) in [5.74, 6) is 0. The van der Waals surface area contributed by atoms with Crippen molar-refractivity contribution in [2.75, 3.05) is 27.2 Å². The Balaban J connectivity index is 1.77. The lowest BCUT2D eigenvalue weighted by molar-refractivity contribution is 0.185. The Morgan fingerprint density at radius 1 is 1.39 bits per heavy atom. The molecular formula is C15H24N2O. The minimum Gasteiger partial charge on any atom is -0.380 e. The smallest absolute Gasteiger partial charge is 0.0713 e. The lowest BCUT2D eigenvalue weighted by atomic mass is 10.1. The molecular weight excluding hydrogens is 224 g/mol. The Kier molecular flexibility index (Phi) is 5.17. The summed E-state index contributed by atoms with van der Waals surface area (Å²) in [4.78, 5) is 2.45. The number of hydrogen-bond acceptors (Lipinski definition) is 3. The molecule has 0 radical (unpaired) electrons. The molecule has 2 rings (SSSR count). The van der Waals surface area contributed by atoms with Crippen LogP contribution in [0.4, 0.5) is 0 Å². The van der Waals surface area contributed by atoms with Crippen LogP contribution < -0.4 is 5.32 Å². The number of nitrogens with zero attached hydrogens (tertiary/aromatic N) is 1. The molecule has 1 aromatic carbocycles. The largest absolute Gasteiger partial charge is 0.380 e. The Bertz CT molecular complexity index is 367. The second-order valence-electron chi connectivity index (χ2n) is 5.16. The van der Waals surface area contributed by atoms with Crippen molar-refractivity contribution < 1.29 is 4.74 Å². The summed E-state index contributed by atoms with van der Waals surface area (Å²) < 4.78 is 5.16. The zero-order chi connectivity index (χ0) is 12.8. The van der Waals surface area contributed by atoms with E-state index < -0.39 is 0 Å². The van der Waals surface area contributed by atoms with Crippen molar-refractivity contribution in [3.05, 3.63) is 35.4 Å². The Labute approximate surface area is 110 Å². The van der Waals surface area contributed by atoms with Crippen molar-refractivity contribution in [2.24, 2.45) is 0 Å². The molecule has 1 saturated heterocycles. The van der Waals surface area contributed by atoms with Gasteiger partial charge in [-0.15, -0.1) is 0 Å². The van der Waals surface area contributed by atoms with Gasteiger partial charge in [0, 0.05) is 26.2 Å². The Morgan fingerprint density at radius 2 is 2.22 bits per heavy atom. The maximum Gasteiger partial charge on any atom is 0.0713 e. The highest BCUT2D eigenvalue weighted by Gasteiger charge is 2.19. The van der Waals surface area contributed by atoms with E-state index in [1.807, 2.05) is 0 Å². The Hall–Kier alpha value is -0.900. The average Bonchev–Trinajstić information content (AvgIpc) is 2.76. The molecule has 0 amide bonds. The lowest BCUT2D eigenvalue weighted by Crippen LogP contribution is -2.35. The van der Waals surface area contributed by atoms with Gasteiger partial charge in [0.05, 0.1) is 6.61 Å². The molecule has 1 atom stereocenters. The van der Waals surface area contributed by atoms with Crippen molar-refractivity contribution in [3.63, 3.8) is 0 Å². The minimum atomic E-state index is 0.694. The summed E-state index contributed by atoms with van der Waals surface area (Å²) in [5.41, 5.74) is 2.58. The van der Waals surface area contributed by atoms with Crippen LogP contribution >= 0.6 is 0 Å². The molecule has 0 saturated carbocycles. The van der Waals surface area contributed by atoms with Crippen LogP contribution in [0.2, 0.25) is 0 Å². The first-order valence-electron chi connectivity index (χ1n) is 6.77. The molecule has 100 valence electrons. The molecule has 1 unspecified atom stereocenters. The number of methoxy groups -OCH3 is 1. The fraction of sp³-hybridized carbons (Fsp3) is 0.600. The normalized spacial score (nSPS) is 20.4. The van der Waals surface area contributed by atoms with E-state index in [1.165, 1.54) is 30.5 Å². The summed E-state index contributed by atoms with van der Waals surface area (Å²) in [7, 11) is 3.96. The molecule has 0 aliphatic carbocycles. The molecule has 0 bridgehead atoms. The fourth-order valence-corrected chi connectivity index (χ4v) is 2.62. The monoisotopic (exact) mass is 248 g/mol. The van der Waals surface area contributed by atoms with Crippen LogP contribution in [0.1, 0.15) is 24.0 Å². The predicted octanol–water partition coefficient (Wildman–Crippen LogP) is 2.02. The highest BCUT2D eigenvalue weighted by molar-refractivity contribution is 5.22. The van der Waals surface area contributed by atoms with Crippen LogP contribution in [0, 0.1) is 0 Å². The third kappa shape index (κ3) is 3.80. The van der Waals surface area contributed by atoms with E-state index in [4.69, 9.17) is 4.74 Å². The maximum atomic E-state index is 5.16. The Morgan fingerprint density at radius 3 is 2.94 bits per heavy atom. The summed E-state index contributed by atoms with van der Waals surface area (Å²) >= 11 is 0. The summed E-state index contributed by atoms with van der Waals surface area (Å²) in [5, 5.41) is 3.56. The second-order valence-corrected chi connectivity index (χ2v) is 5.16. The van der Waals surface area contributed by atoms with E-state index in [-0.39, 0.29) is 0 Å². The number of nitrogens with one attached hydrogen (secondary N) is 1. The first-order valence-corrected chi connectivity index (χ1v) is 6.77. The number of likely N-dealkylation sites (N-methyl/N-ethyl adjacent to an activating group) is 1. The van der Waals surface area contributed by atoms with Gasteiger partial charge in [-0.25, -0.2) is 0 Å². The van der Waals surface area contributed by atoms with E-state index in [1.54, 1.807) is 7.11 Å². The summed E-state index contributed by atoms with van der Waals surface area (Å²) in [6, 6.07) is 9.32. The van der Waals surface area contributed by atoms with Crippen molar-refractivity contribution in [1.82, 2.24) is 10.2 Å². The van der Waals surface area contributed by atoms with Crippen molar-refractivity contribution in [1.29, 1.82) is 0 Å². The standard InChI is InChI=1S/C15H24N2O/c1-17-8-4-7-15(17)11-16-10-13-5-3-6-14(9-13)12-18-2/h3,5-6,9,15-16H,4,7-8,10-12H2,1-2H3. The predicted molar refractivity (Wildman–Crippen MR) is 74.5 cm³/mol. The average molecular weight is 248 g/mol. The van der Waals surface area contributed by atoms with E-state index in [9.17, 15) is 0 Å². The number of rotatable bonds is 6. The van der Waals surface area contributed by atoms with E-state index in [2.05, 4.69) is 41.5 Å².